The van der Waals surface area contributed by atoms with E-state index in [9.17, 15) is 39.2 Å². The molecule has 22 nitrogen and oxygen atoms in total. The molecule has 4 aliphatic rings. The minimum atomic E-state index is -0.826. The zero-order valence-corrected chi connectivity index (χ0v) is 40.9. The molecule has 0 unspecified atom stereocenters. The predicted molar refractivity (Wildman–Crippen MR) is 253 cm³/mol. The Morgan fingerprint density at radius 1 is 0.600 bits per heavy atom. The molecular weight excluding hydrogens is 915 g/mol. The van der Waals surface area contributed by atoms with E-state index in [1.54, 1.807) is 23.6 Å². The molecule has 2 aliphatic carbocycles. The van der Waals surface area contributed by atoms with Gasteiger partial charge in [0.05, 0.1) is 24.9 Å². The Balaban J connectivity index is 0.000000261. The molecule has 2 aromatic heterocycles. The van der Waals surface area contributed by atoms with Gasteiger partial charge < -0.3 is 20.4 Å². The summed E-state index contributed by atoms with van der Waals surface area (Å²) in [6.07, 6.45) is 14.5. The van der Waals surface area contributed by atoms with Crippen LogP contribution in [-0.4, -0.2) is 138 Å². The second kappa shape index (κ2) is 27.4. The average Bonchev–Trinajstić information content (AvgIpc) is 4.24. The van der Waals surface area contributed by atoms with Crippen molar-refractivity contribution in [1.29, 1.82) is 0 Å². The fraction of sp³-hybridized carbons (Fsp3) is 0.696. The molecule has 0 bridgehead atoms. The normalized spacial score (nSPS) is 17.7. The molecule has 2 saturated carbocycles. The van der Waals surface area contributed by atoms with Crippen molar-refractivity contribution >= 4 is 59.7 Å². The van der Waals surface area contributed by atoms with E-state index >= 15 is 8.78 Å². The van der Waals surface area contributed by atoms with E-state index in [0.29, 0.717) is 85.5 Å². The topological polar surface area (TPSA) is 280 Å². The molecule has 4 heterocycles. The lowest BCUT2D eigenvalue weighted by atomic mass is 9.92. The number of hydrazine groups is 2. The van der Waals surface area contributed by atoms with E-state index in [2.05, 4.69) is 52.3 Å². The number of halogens is 2. The van der Waals surface area contributed by atoms with Crippen LogP contribution in [0.2, 0.25) is 0 Å². The number of likely N-dealkylation sites (tertiary alicyclic amines) is 2. The van der Waals surface area contributed by atoms with E-state index < -0.39 is 47.4 Å². The van der Waals surface area contributed by atoms with Crippen LogP contribution < -0.4 is 32.3 Å². The fourth-order valence-electron chi connectivity index (χ4n) is 9.43. The van der Waals surface area contributed by atoms with Crippen LogP contribution >= 0.6 is 0 Å². The Morgan fingerprint density at radius 2 is 0.929 bits per heavy atom. The van der Waals surface area contributed by atoms with Gasteiger partial charge in [-0.05, 0) is 64.2 Å². The lowest BCUT2D eigenvalue weighted by Crippen LogP contribution is -2.41. The van der Waals surface area contributed by atoms with Crippen LogP contribution in [0.1, 0.15) is 129 Å². The van der Waals surface area contributed by atoms with E-state index in [4.69, 9.17) is 0 Å². The number of amides is 6. The van der Waals surface area contributed by atoms with Crippen molar-refractivity contribution < 1.29 is 48.0 Å². The first kappa shape index (κ1) is 54.9. The molecule has 2 aromatic rings. The number of hydroxylamine groups is 4. The molecule has 4 fully saturated rings. The van der Waals surface area contributed by atoms with Crippen molar-refractivity contribution in [1.82, 2.24) is 50.7 Å². The molecular formula is C46H72F2N14O8. The maximum absolute atomic E-state index is 15.2. The number of aryl methyl sites for hydroxylation is 2. The molecule has 0 radical (unpaired) electrons. The third-order valence-corrected chi connectivity index (χ3v) is 13.3. The van der Waals surface area contributed by atoms with Gasteiger partial charge in [0.1, 0.15) is 23.7 Å². The van der Waals surface area contributed by atoms with Gasteiger partial charge in [-0.15, -0.1) is 0 Å². The van der Waals surface area contributed by atoms with Crippen LogP contribution in [0.5, 0.6) is 0 Å². The summed E-state index contributed by atoms with van der Waals surface area (Å²) < 4.78 is 30.4. The maximum Gasteiger partial charge on any atom is 0.244 e. The summed E-state index contributed by atoms with van der Waals surface area (Å²) in [6.45, 7) is 9.36. The predicted octanol–water partition coefficient (Wildman–Crippen LogP) is 4.18. The molecule has 6 amide bonds. The molecule has 388 valence electrons. The Morgan fingerprint density at radius 3 is 1.24 bits per heavy atom. The van der Waals surface area contributed by atoms with Crippen molar-refractivity contribution in [3.05, 3.63) is 23.3 Å². The first-order valence-electron chi connectivity index (χ1n) is 24.8. The summed E-state index contributed by atoms with van der Waals surface area (Å²) in [4.78, 5) is 92.8. The molecule has 8 N–H and O–H groups in total. The highest BCUT2D eigenvalue weighted by atomic mass is 19.1. The van der Waals surface area contributed by atoms with Crippen LogP contribution in [0.4, 0.5) is 32.1 Å². The lowest BCUT2D eigenvalue weighted by molar-refractivity contribution is -0.155. The van der Waals surface area contributed by atoms with Gasteiger partial charge in [0.15, 0.2) is 23.3 Å². The summed E-state index contributed by atoms with van der Waals surface area (Å²) in [5.41, 5.74) is 10.00. The first-order valence-corrected chi connectivity index (χ1v) is 24.8. The van der Waals surface area contributed by atoms with Gasteiger partial charge in [0.25, 0.3) is 0 Å². The van der Waals surface area contributed by atoms with Crippen molar-refractivity contribution in [3.8, 4) is 0 Å². The molecule has 24 heteroatoms. The van der Waals surface area contributed by atoms with E-state index in [1.165, 1.54) is 0 Å². The zero-order chi connectivity index (χ0) is 50.7. The van der Waals surface area contributed by atoms with Gasteiger partial charge in [-0.2, -0.15) is 8.78 Å². The Bertz CT molecular complexity index is 1930. The Hall–Kier alpha value is -6.04. The summed E-state index contributed by atoms with van der Waals surface area (Å²) in [6, 6.07) is -1.36. The van der Waals surface area contributed by atoms with Crippen molar-refractivity contribution in [2.75, 3.05) is 60.8 Å². The van der Waals surface area contributed by atoms with Crippen LogP contribution in [0.3, 0.4) is 0 Å². The number of aromatic nitrogens is 4. The number of nitrogens with zero attached hydrogens (tertiary/aromatic N) is 8. The second-order valence-corrected chi connectivity index (χ2v) is 18.7. The SMILES string of the molecule is CCc1nc(NNC(=O)[C@H](CC2CCCC2)CN(O)C=O)c(F)c(N[C@H](C)C(=O)N2CCCC2)n1.CCc1nc(NNC(=O)[C@H](CC2CCCC2)CN(O)C=O)c(F)c(N[C@H](C)C(=O)N2CCCC2)n1. The highest BCUT2D eigenvalue weighted by molar-refractivity contribution is 5.85. The number of carbonyl (C=O) groups excluding carboxylic acids is 6. The molecule has 2 aliphatic heterocycles. The van der Waals surface area contributed by atoms with Crippen LogP contribution in [0, 0.1) is 35.3 Å². The van der Waals surface area contributed by atoms with Crippen LogP contribution in [0.25, 0.3) is 0 Å². The monoisotopic (exact) mass is 987 g/mol. The lowest BCUT2D eigenvalue weighted by Gasteiger charge is -2.23. The van der Waals surface area contributed by atoms with E-state index in [1.807, 2.05) is 13.8 Å². The van der Waals surface area contributed by atoms with Crippen molar-refractivity contribution in [3.63, 3.8) is 0 Å². The Kier molecular flexibility index (Phi) is 21.5. The molecule has 2 saturated heterocycles. The quantitative estimate of drug-likeness (QED) is 0.0416. The van der Waals surface area contributed by atoms with Crippen LogP contribution in [-0.2, 0) is 41.6 Å². The smallest absolute Gasteiger partial charge is 0.244 e. The highest BCUT2D eigenvalue weighted by Crippen LogP contribution is 2.32. The van der Waals surface area contributed by atoms with Gasteiger partial charge in [-0.1, -0.05) is 65.2 Å². The third-order valence-electron chi connectivity index (χ3n) is 13.3. The average molecular weight is 987 g/mol. The summed E-state index contributed by atoms with van der Waals surface area (Å²) in [5.74, 6) is -3.61. The van der Waals surface area contributed by atoms with Crippen LogP contribution in [0.15, 0.2) is 0 Å². The minimum absolute atomic E-state index is 0.125. The van der Waals surface area contributed by atoms with E-state index in [0.717, 1.165) is 77.0 Å². The minimum Gasteiger partial charge on any atom is -0.356 e. The van der Waals surface area contributed by atoms with Gasteiger partial charge >= 0.3 is 0 Å². The number of rotatable bonds is 24. The highest BCUT2D eigenvalue weighted by Gasteiger charge is 2.31. The summed E-state index contributed by atoms with van der Waals surface area (Å²) in [5, 5.41) is 25.9. The molecule has 70 heavy (non-hydrogen) atoms. The standard InChI is InChI=1S/2C23H36FN7O4/c2*1-3-18-26-20(25-15(2)23(34)30-10-6-7-11-30)19(24)21(27-18)28-29-22(33)17(13-31(35)14-32)12-16-8-4-5-9-16/h2*14-17,35H,3-13H2,1-2H3,(H,29,33)(H2,25,26,27,28)/t2*15-,17-/m11/s1. The second-order valence-electron chi connectivity index (χ2n) is 18.7. The van der Waals surface area contributed by atoms with Gasteiger partial charge in [-0.3, -0.25) is 60.9 Å². The fourth-order valence-corrected chi connectivity index (χ4v) is 9.43. The summed E-state index contributed by atoms with van der Waals surface area (Å²) in [7, 11) is 0. The third kappa shape index (κ3) is 16.0. The number of hydrogen-bond acceptors (Lipinski definition) is 16. The first-order chi connectivity index (χ1) is 33.6. The molecule has 0 aromatic carbocycles. The number of carbonyl (C=O) groups is 6. The molecule has 6 rings (SSSR count). The molecule has 4 atom stereocenters. The van der Waals surface area contributed by atoms with Crippen molar-refractivity contribution in [2.24, 2.45) is 23.7 Å². The largest absolute Gasteiger partial charge is 0.356 e. The van der Waals surface area contributed by atoms with Crippen molar-refractivity contribution in [2.45, 2.75) is 143 Å². The maximum atomic E-state index is 15.2. The van der Waals surface area contributed by atoms with Gasteiger partial charge in [0, 0.05) is 39.0 Å². The van der Waals surface area contributed by atoms with E-state index in [-0.39, 0.29) is 61.0 Å². The van der Waals surface area contributed by atoms with Gasteiger partial charge in [0.2, 0.25) is 48.1 Å². The molecule has 0 spiro atoms. The number of hydrogen-bond donors (Lipinski definition) is 8. The van der Waals surface area contributed by atoms with Gasteiger partial charge in [-0.25, -0.2) is 30.1 Å². The number of anilines is 4. The summed E-state index contributed by atoms with van der Waals surface area (Å²) >= 11 is 0. The zero-order valence-electron chi connectivity index (χ0n) is 40.9. The number of nitrogens with one attached hydrogen (secondary N) is 6. The Labute approximate surface area is 407 Å².